The minimum atomic E-state index is 0.337. The molecule has 0 saturated carbocycles. The fourth-order valence-electron chi connectivity index (χ4n) is 1.52. The minimum absolute atomic E-state index is 0.337. The summed E-state index contributed by atoms with van der Waals surface area (Å²) in [5, 5.41) is 12.4. The van der Waals surface area contributed by atoms with Crippen molar-refractivity contribution >= 4 is 5.70 Å². The molecule has 0 radical (unpaired) electrons. The summed E-state index contributed by atoms with van der Waals surface area (Å²) < 4.78 is 0. The highest BCUT2D eigenvalue weighted by Gasteiger charge is 2.11. The number of phenols is 1. The highest BCUT2D eigenvalue weighted by molar-refractivity contribution is 5.67. The molecule has 0 atom stereocenters. The molecule has 1 aromatic rings. The second-order valence-corrected chi connectivity index (χ2v) is 3.00. The Bertz CT molecular complexity index is 331. The molecule has 0 amide bonds. The molecule has 0 bridgehead atoms. The maximum absolute atomic E-state index is 9.22. The Morgan fingerprint density at radius 1 is 1.42 bits per heavy atom. The topological polar surface area (TPSA) is 32.3 Å². The van der Waals surface area contributed by atoms with Gasteiger partial charge in [-0.05, 0) is 30.2 Å². The van der Waals surface area contributed by atoms with Crippen LogP contribution in [0.15, 0.2) is 24.8 Å². The first-order chi connectivity index (χ1) is 5.77. The Balaban J connectivity index is 2.53. The lowest BCUT2D eigenvalue weighted by atomic mass is 9.99. The number of hydrogen-bond donors (Lipinski definition) is 2. The molecule has 0 aromatic heterocycles. The van der Waals surface area contributed by atoms with Crippen molar-refractivity contribution in [1.29, 1.82) is 0 Å². The van der Waals surface area contributed by atoms with Gasteiger partial charge < -0.3 is 10.4 Å². The SMILES string of the molecule is C=C1NCCc2cc(O)ccc21. The van der Waals surface area contributed by atoms with E-state index in [9.17, 15) is 5.11 Å². The summed E-state index contributed by atoms with van der Waals surface area (Å²) in [5.41, 5.74) is 3.26. The molecule has 1 aromatic carbocycles. The summed E-state index contributed by atoms with van der Waals surface area (Å²) in [6.45, 7) is 4.80. The van der Waals surface area contributed by atoms with Gasteiger partial charge in [0.25, 0.3) is 0 Å². The molecular formula is C10H11NO. The average Bonchev–Trinajstić information content (AvgIpc) is 2.04. The molecule has 1 aliphatic heterocycles. The Labute approximate surface area is 71.5 Å². The molecule has 1 aliphatic rings. The van der Waals surface area contributed by atoms with Crippen LogP contribution in [0.4, 0.5) is 0 Å². The molecule has 12 heavy (non-hydrogen) atoms. The van der Waals surface area contributed by atoms with Crippen LogP contribution < -0.4 is 5.32 Å². The van der Waals surface area contributed by atoms with Crippen molar-refractivity contribution < 1.29 is 5.11 Å². The number of phenolic OH excluding ortho intramolecular Hbond substituents is 1. The molecule has 0 fully saturated rings. The van der Waals surface area contributed by atoms with E-state index >= 15 is 0 Å². The number of aromatic hydroxyl groups is 1. The largest absolute Gasteiger partial charge is 0.508 e. The Kier molecular flexibility index (Phi) is 1.54. The zero-order valence-corrected chi connectivity index (χ0v) is 6.80. The van der Waals surface area contributed by atoms with Gasteiger partial charge >= 0.3 is 0 Å². The van der Waals surface area contributed by atoms with Crippen LogP contribution in [-0.2, 0) is 6.42 Å². The average molecular weight is 161 g/mol. The summed E-state index contributed by atoms with van der Waals surface area (Å²) in [4.78, 5) is 0. The number of nitrogens with one attached hydrogen (secondary N) is 1. The van der Waals surface area contributed by atoms with E-state index in [0.29, 0.717) is 5.75 Å². The van der Waals surface area contributed by atoms with Crippen molar-refractivity contribution in [2.75, 3.05) is 6.54 Å². The molecule has 0 unspecified atom stereocenters. The monoisotopic (exact) mass is 161 g/mol. The Morgan fingerprint density at radius 3 is 3.08 bits per heavy atom. The summed E-state index contributed by atoms with van der Waals surface area (Å²) in [6.07, 6.45) is 0.961. The minimum Gasteiger partial charge on any atom is -0.508 e. The first-order valence-corrected chi connectivity index (χ1v) is 4.02. The van der Waals surface area contributed by atoms with Crippen LogP contribution in [0.5, 0.6) is 5.75 Å². The lowest BCUT2D eigenvalue weighted by Crippen LogP contribution is -2.21. The molecular weight excluding hydrogens is 150 g/mol. The zero-order valence-electron chi connectivity index (χ0n) is 6.80. The van der Waals surface area contributed by atoms with E-state index in [1.54, 1.807) is 12.1 Å². The molecule has 0 spiro atoms. The molecule has 2 N–H and O–H groups in total. The predicted octanol–water partition coefficient (Wildman–Crippen LogP) is 1.51. The van der Waals surface area contributed by atoms with E-state index in [2.05, 4.69) is 11.9 Å². The van der Waals surface area contributed by atoms with Gasteiger partial charge in [0.05, 0.1) is 0 Å². The van der Waals surface area contributed by atoms with E-state index in [1.165, 1.54) is 5.56 Å². The van der Waals surface area contributed by atoms with Crippen LogP contribution in [0.1, 0.15) is 11.1 Å². The van der Waals surface area contributed by atoms with Crippen molar-refractivity contribution in [2.45, 2.75) is 6.42 Å². The second kappa shape index (κ2) is 2.55. The third-order valence-corrected chi connectivity index (χ3v) is 2.15. The van der Waals surface area contributed by atoms with Gasteiger partial charge in [0.1, 0.15) is 5.75 Å². The molecule has 0 saturated heterocycles. The van der Waals surface area contributed by atoms with Gasteiger partial charge in [-0.3, -0.25) is 0 Å². The number of hydrogen-bond acceptors (Lipinski definition) is 2. The van der Waals surface area contributed by atoms with Gasteiger partial charge in [0.2, 0.25) is 0 Å². The maximum atomic E-state index is 9.22. The van der Waals surface area contributed by atoms with Crippen LogP contribution in [0.3, 0.4) is 0 Å². The van der Waals surface area contributed by atoms with Gasteiger partial charge in [-0.2, -0.15) is 0 Å². The highest BCUT2D eigenvalue weighted by Crippen LogP contribution is 2.24. The molecule has 1 heterocycles. The normalized spacial score (nSPS) is 15.2. The first kappa shape index (κ1) is 7.22. The molecule has 0 aliphatic carbocycles. The molecule has 2 rings (SSSR count). The van der Waals surface area contributed by atoms with Crippen molar-refractivity contribution in [3.8, 4) is 5.75 Å². The third kappa shape index (κ3) is 1.05. The quantitative estimate of drug-likeness (QED) is 0.604. The van der Waals surface area contributed by atoms with Crippen LogP contribution >= 0.6 is 0 Å². The van der Waals surface area contributed by atoms with Crippen LogP contribution in [-0.4, -0.2) is 11.7 Å². The van der Waals surface area contributed by atoms with Crippen molar-refractivity contribution in [3.05, 3.63) is 35.9 Å². The zero-order chi connectivity index (χ0) is 8.55. The highest BCUT2D eigenvalue weighted by atomic mass is 16.3. The Morgan fingerprint density at radius 2 is 2.25 bits per heavy atom. The standard InChI is InChI=1S/C10H11NO/c1-7-10-3-2-9(12)6-8(10)4-5-11-7/h2-3,6,11-12H,1,4-5H2. The van der Waals surface area contributed by atoms with E-state index in [-0.39, 0.29) is 0 Å². The number of benzene rings is 1. The smallest absolute Gasteiger partial charge is 0.115 e. The first-order valence-electron chi connectivity index (χ1n) is 4.02. The molecule has 2 heteroatoms. The van der Waals surface area contributed by atoms with Gasteiger partial charge in [-0.25, -0.2) is 0 Å². The summed E-state index contributed by atoms with van der Waals surface area (Å²) in [5.74, 6) is 0.337. The predicted molar refractivity (Wildman–Crippen MR) is 48.8 cm³/mol. The van der Waals surface area contributed by atoms with Gasteiger partial charge in [0, 0.05) is 17.8 Å². The van der Waals surface area contributed by atoms with E-state index in [4.69, 9.17) is 0 Å². The summed E-state index contributed by atoms with van der Waals surface area (Å²) in [7, 11) is 0. The fraction of sp³-hybridized carbons (Fsp3) is 0.200. The van der Waals surface area contributed by atoms with E-state index in [1.807, 2.05) is 6.07 Å². The molecule has 62 valence electrons. The van der Waals surface area contributed by atoms with Crippen LogP contribution in [0.2, 0.25) is 0 Å². The fourth-order valence-corrected chi connectivity index (χ4v) is 1.52. The van der Waals surface area contributed by atoms with Crippen molar-refractivity contribution in [2.24, 2.45) is 0 Å². The lowest BCUT2D eigenvalue weighted by molar-refractivity contribution is 0.474. The van der Waals surface area contributed by atoms with Crippen LogP contribution in [0.25, 0.3) is 5.70 Å². The van der Waals surface area contributed by atoms with Crippen molar-refractivity contribution in [1.82, 2.24) is 5.32 Å². The number of rotatable bonds is 0. The van der Waals surface area contributed by atoms with E-state index < -0.39 is 0 Å². The van der Waals surface area contributed by atoms with Gasteiger partial charge in [-0.15, -0.1) is 0 Å². The van der Waals surface area contributed by atoms with Gasteiger partial charge in [0.15, 0.2) is 0 Å². The van der Waals surface area contributed by atoms with Crippen LogP contribution in [0, 0.1) is 0 Å². The lowest BCUT2D eigenvalue weighted by Gasteiger charge is -2.19. The number of fused-ring (bicyclic) bond motifs is 1. The van der Waals surface area contributed by atoms with Gasteiger partial charge in [-0.1, -0.05) is 6.58 Å². The summed E-state index contributed by atoms with van der Waals surface area (Å²) >= 11 is 0. The second-order valence-electron chi connectivity index (χ2n) is 3.00. The van der Waals surface area contributed by atoms with E-state index in [0.717, 1.165) is 24.2 Å². The third-order valence-electron chi connectivity index (χ3n) is 2.15. The maximum Gasteiger partial charge on any atom is 0.115 e. The van der Waals surface area contributed by atoms with Crippen molar-refractivity contribution in [3.63, 3.8) is 0 Å². The summed E-state index contributed by atoms with van der Waals surface area (Å²) in [6, 6.07) is 5.40. The molecule has 2 nitrogen and oxygen atoms in total. The Hall–Kier alpha value is -1.44.